The van der Waals surface area contributed by atoms with Crippen molar-refractivity contribution < 1.29 is 9.84 Å². The predicted octanol–water partition coefficient (Wildman–Crippen LogP) is 3.81. The van der Waals surface area contributed by atoms with E-state index in [0.717, 1.165) is 31.4 Å². The van der Waals surface area contributed by atoms with Gasteiger partial charge in [-0.25, -0.2) is 4.98 Å². The lowest BCUT2D eigenvalue weighted by Crippen LogP contribution is -2.03. The van der Waals surface area contributed by atoms with Crippen LogP contribution in [-0.4, -0.2) is 17.2 Å². The highest BCUT2D eigenvalue weighted by molar-refractivity contribution is 9.10. The Bertz CT molecular complexity index is 583. The topological polar surface area (TPSA) is 42.4 Å². The van der Waals surface area contributed by atoms with E-state index in [0.29, 0.717) is 6.42 Å². The molecule has 1 aromatic heterocycles. The van der Waals surface area contributed by atoms with Crippen molar-refractivity contribution in [1.29, 1.82) is 0 Å². The summed E-state index contributed by atoms with van der Waals surface area (Å²) in [6.45, 7) is 3.88. The first-order valence-electron chi connectivity index (χ1n) is 5.95. The zero-order chi connectivity index (χ0) is 14.0. The van der Waals surface area contributed by atoms with Gasteiger partial charge in [-0.3, -0.25) is 0 Å². The molecule has 1 N–H and O–H groups in total. The van der Waals surface area contributed by atoms with E-state index < -0.39 is 6.10 Å². The second-order valence-corrected chi connectivity index (χ2v) is 6.51. The lowest BCUT2D eigenvalue weighted by Gasteiger charge is -2.13. The van der Waals surface area contributed by atoms with Gasteiger partial charge in [0.25, 0.3) is 0 Å². The van der Waals surface area contributed by atoms with Gasteiger partial charge in [-0.1, -0.05) is 15.9 Å². The van der Waals surface area contributed by atoms with E-state index in [1.807, 2.05) is 32.0 Å². The van der Waals surface area contributed by atoms with Crippen molar-refractivity contribution in [2.75, 3.05) is 7.11 Å². The third-order valence-corrected chi connectivity index (χ3v) is 4.57. The normalized spacial score (nSPS) is 12.5. The SMILES string of the molecule is COc1ccc(Br)cc1CC(O)c1sc(C)nc1C. The minimum atomic E-state index is -0.547. The van der Waals surface area contributed by atoms with Gasteiger partial charge < -0.3 is 9.84 Å². The summed E-state index contributed by atoms with van der Waals surface area (Å²) in [4.78, 5) is 5.28. The molecule has 0 aliphatic heterocycles. The summed E-state index contributed by atoms with van der Waals surface area (Å²) in [6, 6.07) is 5.80. The van der Waals surface area contributed by atoms with E-state index in [-0.39, 0.29) is 0 Å². The van der Waals surface area contributed by atoms with Crippen LogP contribution in [0.2, 0.25) is 0 Å². The number of thiazole rings is 1. The second kappa shape index (κ2) is 6.03. The first-order chi connectivity index (χ1) is 9.01. The van der Waals surface area contributed by atoms with Gasteiger partial charge in [0.05, 0.1) is 28.8 Å². The number of benzene rings is 1. The van der Waals surface area contributed by atoms with Gasteiger partial charge in [-0.15, -0.1) is 11.3 Å². The molecule has 1 unspecified atom stereocenters. The molecule has 1 aromatic carbocycles. The molecular weight excluding hydrogens is 326 g/mol. The van der Waals surface area contributed by atoms with Gasteiger partial charge in [0.15, 0.2) is 0 Å². The van der Waals surface area contributed by atoms with Crippen LogP contribution < -0.4 is 4.74 Å². The zero-order valence-electron chi connectivity index (χ0n) is 11.1. The fourth-order valence-electron chi connectivity index (χ4n) is 2.06. The van der Waals surface area contributed by atoms with Crippen molar-refractivity contribution in [2.45, 2.75) is 26.4 Å². The third kappa shape index (κ3) is 3.35. The lowest BCUT2D eigenvalue weighted by molar-refractivity contribution is 0.180. The highest BCUT2D eigenvalue weighted by Gasteiger charge is 2.17. The number of ether oxygens (including phenoxy) is 1. The summed E-state index contributed by atoms with van der Waals surface area (Å²) >= 11 is 4.99. The van der Waals surface area contributed by atoms with Crippen LogP contribution in [0.4, 0.5) is 0 Å². The Morgan fingerprint density at radius 3 is 2.74 bits per heavy atom. The highest BCUT2D eigenvalue weighted by atomic mass is 79.9. The number of aromatic nitrogens is 1. The molecule has 5 heteroatoms. The van der Waals surface area contributed by atoms with Crippen LogP contribution in [0.25, 0.3) is 0 Å². The maximum atomic E-state index is 10.4. The summed E-state index contributed by atoms with van der Waals surface area (Å²) in [5.41, 5.74) is 1.89. The monoisotopic (exact) mass is 341 g/mol. The summed E-state index contributed by atoms with van der Waals surface area (Å²) in [7, 11) is 1.64. The van der Waals surface area contributed by atoms with Gasteiger partial charge in [0.1, 0.15) is 5.75 Å². The second-order valence-electron chi connectivity index (χ2n) is 4.36. The Labute approximate surface area is 125 Å². The molecule has 0 saturated heterocycles. The number of aryl methyl sites for hydroxylation is 2. The van der Waals surface area contributed by atoms with Crippen LogP contribution in [0.15, 0.2) is 22.7 Å². The Hall–Kier alpha value is -0.910. The molecule has 3 nitrogen and oxygen atoms in total. The molecule has 0 bridgehead atoms. The zero-order valence-corrected chi connectivity index (χ0v) is 13.5. The van der Waals surface area contributed by atoms with Crippen molar-refractivity contribution >= 4 is 27.3 Å². The molecule has 0 spiro atoms. The van der Waals surface area contributed by atoms with Crippen LogP contribution in [0.5, 0.6) is 5.75 Å². The lowest BCUT2D eigenvalue weighted by atomic mass is 10.1. The summed E-state index contributed by atoms with van der Waals surface area (Å²) in [6.07, 6.45) is -0.0279. The van der Waals surface area contributed by atoms with Crippen molar-refractivity contribution in [3.63, 3.8) is 0 Å². The van der Waals surface area contributed by atoms with Gasteiger partial charge >= 0.3 is 0 Å². The molecule has 0 saturated carbocycles. The standard InChI is InChI=1S/C14H16BrNO2S/c1-8-14(19-9(2)16-8)12(17)7-10-6-11(15)4-5-13(10)18-3/h4-6,12,17H,7H2,1-3H3. The number of rotatable bonds is 4. The predicted molar refractivity (Wildman–Crippen MR) is 80.9 cm³/mol. The Morgan fingerprint density at radius 1 is 1.42 bits per heavy atom. The number of methoxy groups -OCH3 is 1. The van der Waals surface area contributed by atoms with E-state index in [1.54, 1.807) is 18.4 Å². The van der Waals surface area contributed by atoms with Crippen molar-refractivity contribution in [3.8, 4) is 5.75 Å². The molecule has 0 fully saturated rings. The molecule has 19 heavy (non-hydrogen) atoms. The maximum absolute atomic E-state index is 10.4. The quantitative estimate of drug-likeness (QED) is 0.919. The van der Waals surface area contributed by atoms with Crippen molar-refractivity contribution in [3.05, 3.63) is 43.8 Å². The van der Waals surface area contributed by atoms with Crippen LogP contribution in [-0.2, 0) is 6.42 Å². The van der Waals surface area contributed by atoms with Gasteiger partial charge in [-0.05, 0) is 37.6 Å². The smallest absolute Gasteiger partial charge is 0.122 e. The highest BCUT2D eigenvalue weighted by Crippen LogP contribution is 2.31. The largest absolute Gasteiger partial charge is 0.496 e. The first-order valence-corrected chi connectivity index (χ1v) is 7.56. The van der Waals surface area contributed by atoms with E-state index in [1.165, 1.54) is 0 Å². The minimum Gasteiger partial charge on any atom is -0.496 e. The van der Waals surface area contributed by atoms with Gasteiger partial charge in [0.2, 0.25) is 0 Å². The number of hydrogen-bond acceptors (Lipinski definition) is 4. The third-order valence-electron chi connectivity index (χ3n) is 2.90. The van der Waals surface area contributed by atoms with E-state index in [9.17, 15) is 5.11 Å². The molecule has 0 aliphatic rings. The molecule has 1 heterocycles. The molecule has 2 aromatic rings. The molecule has 102 valence electrons. The molecule has 0 aliphatic carbocycles. The number of hydrogen-bond donors (Lipinski definition) is 1. The molecule has 2 rings (SSSR count). The molecule has 0 amide bonds. The number of nitrogens with zero attached hydrogens (tertiary/aromatic N) is 1. The minimum absolute atomic E-state index is 0.519. The summed E-state index contributed by atoms with van der Waals surface area (Å²) in [5, 5.41) is 11.4. The fraction of sp³-hybridized carbons (Fsp3) is 0.357. The molecule has 1 atom stereocenters. The fourth-order valence-corrected chi connectivity index (χ4v) is 3.39. The van der Waals surface area contributed by atoms with Crippen molar-refractivity contribution in [1.82, 2.24) is 4.98 Å². The maximum Gasteiger partial charge on any atom is 0.122 e. The van der Waals surface area contributed by atoms with Crippen LogP contribution in [0.3, 0.4) is 0 Å². The molecule has 0 radical (unpaired) electrons. The van der Waals surface area contributed by atoms with E-state index in [2.05, 4.69) is 20.9 Å². The Morgan fingerprint density at radius 2 is 2.16 bits per heavy atom. The summed E-state index contributed by atoms with van der Waals surface area (Å²) in [5.74, 6) is 0.793. The van der Waals surface area contributed by atoms with Crippen LogP contribution in [0, 0.1) is 13.8 Å². The molecular formula is C14H16BrNO2S. The first kappa shape index (κ1) is 14.5. The van der Waals surface area contributed by atoms with Gasteiger partial charge in [-0.2, -0.15) is 0 Å². The Kier molecular flexibility index (Phi) is 4.60. The Balaban J connectivity index is 2.25. The van der Waals surface area contributed by atoms with Gasteiger partial charge in [0, 0.05) is 10.9 Å². The average Bonchev–Trinajstić information content (AvgIpc) is 2.69. The average molecular weight is 342 g/mol. The van der Waals surface area contributed by atoms with Crippen LogP contribution in [0.1, 0.15) is 27.2 Å². The van der Waals surface area contributed by atoms with E-state index in [4.69, 9.17) is 4.74 Å². The summed E-state index contributed by atoms with van der Waals surface area (Å²) < 4.78 is 6.31. The van der Waals surface area contributed by atoms with Crippen LogP contribution >= 0.6 is 27.3 Å². The van der Waals surface area contributed by atoms with Crippen molar-refractivity contribution in [2.24, 2.45) is 0 Å². The number of aliphatic hydroxyl groups excluding tert-OH is 1. The number of halogens is 1. The van der Waals surface area contributed by atoms with E-state index >= 15 is 0 Å². The number of aliphatic hydroxyl groups is 1.